The van der Waals surface area contributed by atoms with Gasteiger partial charge in [-0.05, 0) is 63.7 Å². The maximum atomic E-state index is 11.4. The lowest BCUT2D eigenvalue weighted by Crippen LogP contribution is -2.39. The van der Waals surface area contributed by atoms with Crippen molar-refractivity contribution in [3.8, 4) is 0 Å². The van der Waals surface area contributed by atoms with Gasteiger partial charge in [0.1, 0.15) is 0 Å². The minimum Gasteiger partial charge on any atom is -0.326 e. The van der Waals surface area contributed by atoms with Crippen molar-refractivity contribution < 1.29 is 0 Å². The second-order valence-electron chi connectivity index (χ2n) is 6.38. The Balaban J connectivity index is 1.63. The van der Waals surface area contributed by atoms with Crippen molar-refractivity contribution in [3.63, 3.8) is 0 Å². The highest BCUT2D eigenvalue weighted by Gasteiger charge is 2.23. The van der Waals surface area contributed by atoms with E-state index >= 15 is 0 Å². The normalized spacial score (nSPS) is 27.2. The van der Waals surface area contributed by atoms with Gasteiger partial charge in [0.05, 0.1) is 0 Å². The smallest absolute Gasteiger partial charge is 0.248 e. The molecule has 2 N–H and O–H groups in total. The minimum atomic E-state index is 0.0262. The van der Waals surface area contributed by atoms with Crippen LogP contribution in [0.5, 0.6) is 0 Å². The molecule has 1 fully saturated rings. The van der Waals surface area contributed by atoms with Crippen LogP contribution in [0.25, 0.3) is 0 Å². The molecule has 110 valence electrons. The Bertz CT molecular complexity index is 511. The maximum absolute atomic E-state index is 11.4. The fraction of sp³-hybridized carbons (Fsp3) is 0.688. The quantitative estimate of drug-likeness (QED) is 0.882. The number of aromatic amines is 1. The number of fused-ring (bicyclic) bond motifs is 1. The molecule has 3 rings (SSSR count). The first kappa shape index (κ1) is 13.8. The third kappa shape index (κ3) is 3.13. The largest absolute Gasteiger partial charge is 0.326 e. The van der Waals surface area contributed by atoms with E-state index in [0.717, 1.165) is 31.0 Å². The Hall–Kier alpha value is -1.13. The number of H-pyrrole nitrogens is 1. The molecule has 2 unspecified atom stereocenters. The van der Waals surface area contributed by atoms with Gasteiger partial charge in [-0.25, -0.2) is 0 Å². The van der Waals surface area contributed by atoms with E-state index in [4.69, 9.17) is 0 Å². The van der Waals surface area contributed by atoms with Gasteiger partial charge in [0.15, 0.2) is 0 Å². The van der Waals surface area contributed by atoms with Crippen LogP contribution in [-0.4, -0.2) is 36.6 Å². The van der Waals surface area contributed by atoms with Gasteiger partial charge in [0, 0.05) is 24.3 Å². The summed E-state index contributed by atoms with van der Waals surface area (Å²) in [4.78, 5) is 16.8. The van der Waals surface area contributed by atoms with Crippen molar-refractivity contribution in [1.82, 2.24) is 15.2 Å². The third-order valence-electron chi connectivity index (χ3n) is 4.71. The summed E-state index contributed by atoms with van der Waals surface area (Å²) in [5.41, 5.74) is 2.47. The molecule has 0 amide bonds. The number of piperidine rings is 1. The molecule has 0 spiro atoms. The van der Waals surface area contributed by atoms with Crippen LogP contribution in [0.1, 0.15) is 43.0 Å². The lowest BCUT2D eigenvalue weighted by atomic mass is 9.90. The lowest BCUT2D eigenvalue weighted by Gasteiger charge is -2.32. The molecule has 1 aliphatic carbocycles. The van der Waals surface area contributed by atoms with E-state index in [1.165, 1.54) is 37.9 Å². The van der Waals surface area contributed by atoms with Gasteiger partial charge >= 0.3 is 0 Å². The summed E-state index contributed by atoms with van der Waals surface area (Å²) >= 11 is 0. The summed E-state index contributed by atoms with van der Waals surface area (Å²) in [5.74, 6) is 0.766. The maximum Gasteiger partial charge on any atom is 0.248 e. The van der Waals surface area contributed by atoms with E-state index in [1.54, 1.807) is 6.07 Å². The van der Waals surface area contributed by atoms with Crippen LogP contribution in [0, 0.1) is 5.92 Å². The molecule has 0 saturated carbocycles. The molecule has 4 nitrogen and oxygen atoms in total. The van der Waals surface area contributed by atoms with Crippen LogP contribution in [0.15, 0.2) is 16.9 Å². The van der Waals surface area contributed by atoms with E-state index in [2.05, 4.69) is 22.2 Å². The second kappa shape index (κ2) is 6.10. The number of rotatable bonds is 3. The topological polar surface area (TPSA) is 48.1 Å². The summed E-state index contributed by atoms with van der Waals surface area (Å²) < 4.78 is 0. The van der Waals surface area contributed by atoms with Crippen molar-refractivity contribution in [1.29, 1.82) is 0 Å². The molecule has 2 atom stereocenters. The Labute approximate surface area is 120 Å². The zero-order chi connectivity index (χ0) is 13.9. The number of pyridine rings is 1. The van der Waals surface area contributed by atoms with Crippen LogP contribution in [0.4, 0.5) is 0 Å². The van der Waals surface area contributed by atoms with Crippen LogP contribution >= 0.6 is 0 Å². The highest BCUT2D eigenvalue weighted by molar-refractivity contribution is 5.26. The van der Waals surface area contributed by atoms with Crippen molar-refractivity contribution in [2.75, 3.05) is 26.7 Å². The van der Waals surface area contributed by atoms with E-state index in [9.17, 15) is 4.79 Å². The van der Waals surface area contributed by atoms with E-state index in [-0.39, 0.29) is 5.56 Å². The average molecular weight is 275 g/mol. The number of aromatic nitrogens is 1. The minimum absolute atomic E-state index is 0.0262. The molecule has 0 radical (unpaired) electrons. The Kier molecular flexibility index (Phi) is 4.22. The van der Waals surface area contributed by atoms with Crippen molar-refractivity contribution in [2.45, 2.75) is 38.1 Å². The average Bonchev–Trinajstić information content (AvgIpc) is 2.44. The van der Waals surface area contributed by atoms with E-state index in [0.29, 0.717) is 6.04 Å². The highest BCUT2D eigenvalue weighted by Crippen LogP contribution is 2.28. The number of hydrogen-bond acceptors (Lipinski definition) is 3. The van der Waals surface area contributed by atoms with Gasteiger partial charge in [-0.1, -0.05) is 6.07 Å². The molecule has 4 heteroatoms. The number of nitrogens with zero attached hydrogens (tertiary/aromatic N) is 1. The Morgan fingerprint density at radius 1 is 1.35 bits per heavy atom. The van der Waals surface area contributed by atoms with Gasteiger partial charge in [-0.3, -0.25) is 4.79 Å². The number of nitrogens with one attached hydrogen (secondary N) is 2. The fourth-order valence-electron chi connectivity index (χ4n) is 3.66. The van der Waals surface area contributed by atoms with Gasteiger partial charge in [0.2, 0.25) is 5.56 Å². The molecular weight excluding hydrogens is 250 g/mol. The highest BCUT2D eigenvalue weighted by atomic mass is 16.1. The Morgan fingerprint density at radius 2 is 2.25 bits per heavy atom. The van der Waals surface area contributed by atoms with Crippen LogP contribution < -0.4 is 10.9 Å². The first-order chi connectivity index (χ1) is 9.72. The predicted octanol–water partition coefficient (Wildman–Crippen LogP) is 1.68. The standard InChI is InChI=1S/C16H25N3O/c1-19-9-3-4-12(11-19)10-17-14-5-2-6-15-13(14)7-8-16(20)18-15/h7-8,12,14,17H,2-6,9-11H2,1H3,(H,18,20). The fourth-order valence-corrected chi connectivity index (χ4v) is 3.66. The molecule has 20 heavy (non-hydrogen) atoms. The number of likely N-dealkylation sites (tertiary alicyclic amines) is 1. The SMILES string of the molecule is CN1CCCC(CNC2CCCc3[nH]c(=O)ccc32)C1. The second-order valence-corrected chi connectivity index (χ2v) is 6.38. The molecule has 1 aromatic heterocycles. The molecule has 2 heterocycles. The van der Waals surface area contributed by atoms with Crippen molar-refractivity contribution in [2.24, 2.45) is 5.92 Å². The summed E-state index contributed by atoms with van der Waals surface area (Å²) in [5, 5.41) is 3.74. The van der Waals surface area contributed by atoms with Crippen LogP contribution in [0.3, 0.4) is 0 Å². The van der Waals surface area contributed by atoms with E-state index < -0.39 is 0 Å². The molecule has 2 aliphatic rings. The molecule has 1 aromatic rings. The summed E-state index contributed by atoms with van der Waals surface area (Å²) in [7, 11) is 2.22. The Morgan fingerprint density at radius 3 is 3.10 bits per heavy atom. The number of aryl methyl sites for hydroxylation is 1. The van der Waals surface area contributed by atoms with E-state index in [1.807, 2.05) is 6.07 Å². The van der Waals surface area contributed by atoms with Gasteiger partial charge in [-0.2, -0.15) is 0 Å². The monoisotopic (exact) mass is 275 g/mol. The first-order valence-electron chi connectivity index (χ1n) is 7.86. The third-order valence-corrected chi connectivity index (χ3v) is 4.71. The molecule has 0 aromatic carbocycles. The van der Waals surface area contributed by atoms with Gasteiger partial charge < -0.3 is 15.2 Å². The summed E-state index contributed by atoms with van der Waals surface area (Å²) in [6.45, 7) is 3.54. The van der Waals surface area contributed by atoms with Gasteiger partial charge in [0.25, 0.3) is 0 Å². The van der Waals surface area contributed by atoms with Gasteiger partial charge in [-0.15, -0.1) is 0 Å². The molecule has 0 bridgehead atoms. The van der Waals surface area contributed by atoms with Crippen molar-refractivity contribution in [3.05, 3.63) is 33.7 Å². The first-order valence-corrected chi connectivity index (χ1v) is 7.86. The van der Waals surface area contributed by atoms with Crippen LogP contribution in [0.2, 0.25) is 0 Å². The zero-order valence-electron chi connectivity index (χ0n) is 12.3. The summed E-state index contributed by atoms with van der Waals surface area (Å²) in [6.07, 6.45) is 6.01. The van der Waals surface area contributed by atoms with Crippen molar-refractivity contribution >= 4 is 0 Å². The number of hydrogen-bond donors (Lipinski definition) is 2. The lowest BCUT2D eigenvalue weighted by molar-refractivity contribution is 0.201. The van der Waals surface area contributed by atoms with Crippen LogP contribution in [-0.2, 0) is 6.42 Å². The summed E-state index contributed by atoms with van der Waals surface area (Å²) in [6, 6.07) is 4.09. The molecule has 1 saturated heterocycles. The molecule has 1 aliphatic heterocycles. The predicted molar refractivity (Wildman–Crippen MR) is 81.0 cm³/mol. The molecular formula is C16H25N3O. The zero-order valence-corrected chi connectivity index (χ0v) is 12.3.